The van der Waals surface area contributed by atoms with Gasteiger partial charge < -0.3 is 10.8 Å². The smallest absolute Gasteiger partial charge is 0.332 e. The summed E-state index contributed by atoms with van der Waals surface area (Å²) < 4.78 is 4.14. The Morgan fingerprint density at radius 1 is 1.57 bits per heavy atom. The molecule has 1 aromatic rings. The van der Waals surface area contributed by atoms with Crippen molar-refractivity contribution < 1.29 is 24.2 Å². The lowest BCUT2D eigenvalue weighted by Crippen LogP contribution is -2.27. The maximum absolute atomic E-state index is 11.0. The maximum atomic E-state index is 11.0. The topological polar surface area (TPSA) is 141 Å². The third kappa shape index (κ3) is 2.42. The van der Waals surface area contributed by atoms with Gasteiger partial charge in [-0.2, -0.15) is 0 Å². The molecule has 0 saturated heterocycles. The van der Waals surface area contributed by atoms with Gasteiger partial charge in [-0.05, 0) is 10.3 Å². The predicted octanol–water partition coefficient (Wildman–Crippen LogP) is -1.60. The summed E-state index contributed by atoms with van der Waals surface area (Å²) in [7, 11) is 0. The van der Waals surface area contributed by atoms with Crippen LogP contribution in [0.2, 0.25) is 0 Å². The number of amides is 1. The molecular formula is C5H6N4O5. The van der Waals surface area contributed by atoms with E-state index < -0.39 is 18.5 Å². The van der Waals surface area contributed by atoms with Crippen LogP contribution in [-0.4, -0.2) is 33.9 Å². The fourth-order valence-electron chi connectivity index (χ4n) is 0.565. The van der Waals surface area contributed by atoms with Gasteiger partial charge in [-0.1, -0.05) is 0 Å². The minimum atomic E-state index is -1.23. The summed E-state index contributed by atoms with van der Waals surface area (Å²) in [5.41, 5.74) is 6.70. The summed E-state index contributed by atoms with van der Waals surface area (Å²) in [6.45, 7) is -0.670. The normalized spacial score (nSPS) is 9.71. The Labute approximate surface area is 76.7 Å². The summed E-state index contributed by atoms with van der Waals surface area (Å²) in [6.07, 6.45) is 0. The number of carboxylic acids is 1. The number of nitrogen functional groups attached to an aromatic ring is 1. The van der Waals surface area contributed by atoms with Gasteiger partial charge >= 0.3 is 11.9 Å². The molecule has 4 N–H and O–H groups in total. The molecule has 1 aromatic heterocycles. The Balaban J connectivity index is 2.44. The van der Waals surface area contributed by atoms with E-state index in [0.717, 1.165) is 0 Å². The van der Waals surface area contributed by atoms with Crippen molar-refractivity contribution in [3.8, 4) is 0 Å². The first-order valence-electron chi connectivity index (χ1n) is 3.33. The van der Waals surface area contributed by atoms with E-state index in [1.54, 1.807) is 5.48 Å². The SMILES string of the molecule is Nc1nonc1C(=O)NOCC(=O)O. The number of aromatic nitrogens is 2. The zero-order valence-electron chi connectivity index (χ0n) is 6.76. The quantitative estimate of drug-likeness (QED) is 0.495. The van der Waals surface area contributed by atoms with Crippen LogP contribution in [0.4, 0.5) is 5.82 Å². The molecule has 0 saturated carbocycles. The third-order valence-corrected chi connectivity index (χ3v) is 1.09. The summed E-state index contributed by atoms with van der Waals surface area (Å²) in [4.78, 5) is 25.3. The molecule has 0 unspecified atom stereocenters. The second kappa shape index (κ2) is 4.18. The van der Waals surface area contributed by atoms with Crippen LogP contribution in [0.15, 0.2) is 4.63 Å². The first-order chi connectivity index (χ1) is 6.61. The average molecular weight is 202 g/mol. The van der Waals surface area contributed by atoms with E-state index in [1.807, 2.05) is 0 Å². The Kier molecular flexibility index (Phi) is 2.97. The number of anilines is 1. The molecule has 14 heavy (non-hydrogen) atoms. The number of carbonyl (C=O) groups excluding carboxylic acids is 1. The number of aliphatic carboxylic acids is 1. The number of nitrogens with two attached hydrogens (primary N) is 1. The van der Waals surface area contributed by atoms with Crippen molar-refractivity contribution >= 4 is 17.7 Å². The number of hydrogen-bond acceptors (Lipinski definition) is 7. The average Bonchev–Trinajstić information content (AvgIpc) is 2.50. The van der Waals surface area contributed by atoms with E-state index in [4.69, 9.17) is 10.8 Å². The van der Waals surface area contributed by atoms with E-state index in [2.05, 4.69) is 19.8 Å². The summed E-state index contributed by atoms with van der Waals surface area (Å²) in [6, 6.07) is 0. The fourth-order valence-corrected chi connectivity index (χ4v) is 0.565. The van der Waals surface area contributed by atoms with Crippen LogP contribution in [0.1, 0.15) is 10.5 Å². The number of hydrogen-bond donors (Lipinski definition) is 3. The van der Waals surface area contributed by atoms with Gasteiger partial charge in [0.05, 0.1) is 0 Å². The van der Waals surface area contributed by atoms with Gasteiger partial charge in [-0.25, -0.2) is 14.9 Å². The zero-order chi connectivity index (χ0) is 10.6. The molecule has 0 aromatic carbocycles. The molecule has 0 aliphatic carbocycles. The summed E-state index contributed by atoms with van der Waals surface area (Å²) in [5.74, 6) is -2.26. The number of nitrogens with zero attached hydrogens (tertiary/aromatic N) is 2. The Morgan fingerprint density at radius 3 is 2.79 bits per heavy atom. The molecule has 0 fully saturated rings. The van der Waals surface area contributed by atoms with Crippen LogP contribution in [0.25, 0.3) is 0 Å². The second-order valence-corrected chi connectivity index (χ2v) is 2.11. The largest absolute Gasteiger partial charge is 0.479 e. The Bertz CT molecular complexity index is 348. The van der Waals surface area contributed by atoms with Crippen molar-refractivity contribution in [3.63, 3.8) is 0 Å². The molecule has 9 nitrogen and oxygen atoms in total. The molecule has 1 rings (SSSR count). The Morgan fingerprint density at radius 2 is 2.29 bits per heavy atom. The highest BCUT2D eigenvalue weighted by atomic mass is 16.7. The maximum Gasteiger partial charge on any atom is 0.332 e. The monoisotopic (exact) mass is 202 g/mol. The molecule has 0 bridgehead atoms. The minimum Gasteiger partial charge on any atom is -0.479 e. The van der Waals surface area contributed by atoms with Crippen LogP contribution in [0.3, 0.4) is 0 Å². The molecule has 9 heteroatoms. The molecule has 0 aliphatic heterocycles. The number of nitrogens with one attached hydrogen (secondary N) is 1. The van der Waals surface area contributed by atoms with E-state index in [1.165, 1.54) is 0 Å². The molecule has 0 spiro atoms. The molecule has 0 atom stereocenters. The van der Waals surface area contributed by atoms with Crippen molar-refractivity contribution in [2.24, 2.45) is 0 Å². The lowest BCUT2D eigenvalue weighted by Gasteiger charge is -1.99. The Hall–Kier alpha value is -2.16. The van der Waals surface area contributed by atoms with Crippen LogP contribution >= 0.6 is 0 Å². The molecule has 1 heterocycles. The van der Waals surface area contributed by atoms with Crippen molar-refractivity contribution in [3.05, 3.63) is 5.69 Å². The predicted molar refractivity (Wildman–Crippen MR) is 39.8 cm³/mol. The van der Waals surface area contributed by atoms with Crippen molar-refractivity contribution in [2.75, 3.05) is 12.3 Å². The highest BCUT2D eigenvalue weighted by molar-refractivity contribution is 5.95. The van der Waals surface area contributed by atoms with Gasteiger partial charge in [0.15, 0.2) is 6.61 Å². The van der Waals surface area contributed by atoms with Gasteiger partial charge in [0, 0.05) is 0 Å². The molecular weight excluding hydrogens is 196 g/mol. The number of hydroxylamine groups is 1. The van der Waals surface area contributed by atoms with E-state index >= 15 is 0 Å². The van der Waals surface area contributed by atoms with Gasteiger partial charge in [0.1, 0.15) is 0 Å². The fraction of sp³-hybridized carbons (Fsp3) is 0.200. The lowest BCUT2D eigenvalue weighted by molar-refractivity contribution is -0.144. The first-order valence-corrected chi connectivity index (χ1v) is 3.33. The van der Waals surface area contributed by atoms with Crippen molar-refractivity contribution in [1.82, 2.24) is 15.8 Å². The van der Waals surface area contributed by atoms with E-state index in [0.29, 0.717) is 0 Å². The lowest BCUT2D eigenvalue weighted by atomic mass is 10.4. The standard InChI is InChI=1S/C5H6N4O5/c6-4-3(7-14-8-4)5(12)9-13-1-2(10)11/h1H2,(H2,6,8)(H,9,12)(H,10,11). The van der Waals surface area contributed by atoms with Gasteiger partial charge in [-0.15, -0.1) is 0 Å². The van der Waals surface area contributed by atoms with Gasteiger partial charge in [-0.3, -0.25) is 9.63 Å². The van der Waals surface area contributed by atoms with E-state index in [9.17, 15) is 9.59 Å². The van der Waals surface area contributed by atoms with E-state index in [-0.39, 0.29) is 11.5 Å². The summed E-state index contributed by atoms with van der Waals surface area (Å²) in [5, 5.41) is 14.5. The summed E-state index contributed by atoms with van der Waals surface area (Å²) >= 11 is 0. The third-order valence-electron chi connectivity index (χ3n) is 1.09. The number of rotatable bonds is 4. The van der Waals surface area contributed by atoms with Crippen LogP contribution in [-0.2, 0) is 9.63 Å². The van der Waals surface area contributed by atoms with Crippen molar-refractivity contribution in [1.29, 1.82) is 0 Å². The van der Waals surface area contributed by atoms with Crippen LogP contribution in [0, 0.1) is 0 Å². The number of carbonyl (C=O) groups is 2. The minimum absolute atomic E-state index is 0.207. The first kappa shape index (κ1) is 9.92. The van der Waals surface area contributed by atoms with Gasteiger partial charge in [0.25, 0.3) is 0 Å². The molecule has 0 aliphatic rings. The highest BCUT2D eigenvalue weighted by Gasteiger charge is 2.15. The number of carboxylic acid groups (broad SMARTS) is 1. The molecule has 76 valence electrons. The highest BCUT2D eigenvalue weighted by Crippen LogP contribution is 2.02. The zero-order valence-corrected chi connectivity index (χ0v) is 6.76. The second-order valence-electron chi connectivity index (χ2n) is 2.11. The van der Waals surface area contributed by atoms with Crippen molar-refractivity contribution in [2.45, 2.75) is 0 Å². The van der Waals surface area contributed by atoms with Crippen LogP contribution < -0.4 is 11.2 Å². The van der Waals surface area contributed by atoms with Gasteiger partial charge in [0.2, 0.25) is 11.5 Å². The molecule has 0 radical (unpaired) electrons. The van der Waals surface area contributed by atoms with Crippen LogP contribution in [0.5, 0.6) is 0 Å². The molecule has 1 amide bonds.